The van der Waals surface area contributed by atoms with E-state index in [0.29, 0.717) is 0 Å². The van der Waals surface area contributed by atoms with Gasteiger partial charge < -0.3 is 84.0 Å². The first-order chi connectivity index (χ1) is 20.6. The average Bonchev–Trinajstić information content (AvgIpc) is 2.96. The summed E-state index contributed by atoms with van der Waals surface area (Å²) in [6.07, 6.45) is -17.8. The van der Waals surface area contributed by atoms with Gasteiger partial charge in [-0.05, 0) is 32.2 Å². The van der Waals surface area contributed by atoms with E-state index in [-0.39, 0.29) is 25.9 Å². The number of hydrogen-bond acceptors (Lipinski definition) is 16. The van der Waals surface area contributed by atoms with Crippen molar-refractivity contribution in [3.8, 4) is 0 Å². The molecular weight excluding hydrogens is 593 g/mol. The number of alkyl halides is 1. The van der Waals surface area contributed by atoms with Gasteiger partial charge in [0.05, 0.1) is 18.8 Å². The Kier molecular flexibility index (Phi) is 12.8. The van der Waals surface area contributed by atoms with Gasteiger partial charge >= 0.3 is 0 Å². The first kappa shape index (κ1) is 36.8. The van der Waals surface area contributed by atoms with Crippen LogP contribution in [0.3, 0.4) is 0 Å². The third-order valence-corrected chi connectivity index (χ3v) is 8.55. The van der Waals surface area contributed by atoms with Crippen LogP contribution in [0.2, 0.25) is 0 Å². The van der Waals surface area contributed by atoms with Crippen LogP contribution in [0, 0.1) is 5.92 Å². The molecule has 3 rings (SSSR count). The number of rotatable bonds is 12. The number of aliphatic imine (C=N–C) groups is 1. The molecule has 0 aromatic heterocycles. The number of halogens is 1. The second-order valence-electron chi connectivity index (χ2n) is 11.8. The Bertz CT molecular complexity index is 983. The van der Waals surface area contributed by atoms with Gasteiger partial charge in [0.25, 0.3) is 0 Å². The Morgan fingerprint density at radius 1 is 1.07 bits per heavy atom. The monoisotopic (exact) mass is 641 g/mol. The first-order valence-corrected chi connectivity index (χ1v) is 14.4. The number of nitrogens with two attached hydrogens (primary N) is 6. The van der Waals surface area contributed by atoms with Gasteiger partial charge in [-0.3, -0.25) is 4.79 Å². The molecule has 2 heterocycles. The van der Waals surface area contributed by atoms with Crippen molar-refractivity contribution in [1.82, 2.24) is 0 Å². The van der Waals surface area contributed by atoms with Gasteiger partial charge in [0.15, 0.2) is 30.5 Å². The lowest BCUT2D eigenvalue weighted by molar-refractivity contribution is -0.324. The first-order valence-electron chi connectivity index (χ1n) is 14.4. The molecule has 0 aromatic carbocycles. The highest BCUT2D eigenvalue weighted by Crippen LogP contribution is 2.38. The fourth-order valence-electron chi connectivity index (χ4n) is 5.87. The molecule has 1 aliphatic carbocycles. The van der Waals surface area contributed by atoms with Crippen molar-refractivity contribution in [3.63, 3.8) is 0 Å². The van der Waals surface area contributed by atoms with Gasteiger partial charge in [0, 0.05) is 19.0 Å². The predicted molar refractivity (Wildman–Crippen MR) is 150 cm³/mol. The fraction of sp³-hybridized carbons (Fsp3) is 0.920. The minimum atomic E-state index is -2.16. The highest BCUT2D eigenvalue weighted by molar-refractivity contribution is 5.83. The molecule has 0 amide bonds. The quantitative estimate of drug-likeness (QED) is 0.0695. The van der Waals surface area contributed by atoms with E-state index in [4.69, 9.17) is 53.3 Å². The Labute approximate surface area is 253 Å². The summed E-state index contributed by atoms with van der Waals surface area (Å²) in [7, 11) is 0. The minimum Gasteiger partial charge on any atom is -0.394 e. The van der Waals surface area contributed by atoms with Crippen LogP contribution in [0.25, 0.3) is 0 Å². The summed E-state index contributed by atoms with van der Waals surface area (Å²) in [5.41, 5.74) is 32.5. The molecule has 0 bridgehead atoms. The lowest BCUT2D eigenvalue weighted by atomic mass is 9.77. The molecule has 16 atom stereocenters. The van der Waals surface area contributed by atoms with Crippen LogP contribution in [0.1, 0.15) is 26.2 Å². The van der Waals surface area contributed by atoms with Crippen LogP contribution in [0.5, 0.6) is 0 Å². The number of ether oxygens (including phenoxy) is 4. The van der Waals surface area contributed by atoms with Crippen molar-refractivity contribution < 1.29 is 58.8 Å². The zero-order valence-corrected chi connectivity index (χ0v) is 24.4. The van der Waals surface area contributed by atoms with Crippen molar-refractivity contribution in [3.05, 3.63) is 0 Å². The summed E-state index contributed by atoms with van der Waals surface area (Å²) in [6.45, 7) is 0.287. The van der Waals surface area contributed by atoms with Crippen molar-refractivity contribution in [1.29, 1.82) is 0 Å². The topological polar surface area (TPSA) is 344 Å². The third kappa shape index (κ3) is 7.81. The van der Waals surface area contributed by atoms with Crippen molar-refractivity contribution >= 4 is 11.7 Å². The predicted octanol–water partition coefficient (Wildman–Crippen LogP) is -6.69. The van der Waals surface area contributed by atoms with Gasteiger partial charge in [-0.1, -0.05) is 0 Å². The normalized spacial score (nSPS) is 45.5. The highest BCUT2D eigenvalue weighted by Gasteiger charge is 2.55. The molecule has 256 valence electrons. The molecule has 44 heavy (non-hydrogen) atoms. The summed E-state index contributed by atoms with van der Waals surface area (Å²) in [5, 5.41) is 62.6. The maximum absolute atomic E-state index is 16.5. The standard InChI is InChI=1S/C25H48FN7O11/c1-25(40)20(30)23(41-12(6-28)21(25)39)44-19-9(29)4-8(5-11(36)10(35)2-3-27)18(14(19)26)43-22-17(38)15(33-24(31)32)16(37)13(7-34)42-22/h8-10,12-23,34-35,37-40H,2-7,27-30H2,1H3,(H4,31,32,33)/t8-,9?,10-,12?,13+,14+,15?,16+,17+,18?,19+,20?,21+,22?,23+,25-/m0/s1. The van der Waals surface area contributed by atoms with Gasteiger partial charge in [-0.15, -0.1) is 0 Å². The van der Waals surface area contributed by atoms with E-state index < -0.39 is 122 Å². The molecule has 1 saturated carbocycles. The van der Waals surface area contributed by atoms with E-state index in [1.807, 2.05) is 0 Å². The molecule has 2 saturated heterocycles. The Balaban J connectivity index is 1.92. The van der Waals surface area contributed by atoms with Crippen molar-refractivity contribution in [2.24, 2.45) is 45.3 Å². The highest BCUT2D eigenvalue weighted by atomic mass is 19.1. The molecule has 0 spiro atoms. The summed E-state index contributed by atoms with van der Waals surface area (Å²) in [4.78, 5) is 16.6. The zero-order chi connectivity index (χ0) is 33.1. The minimum absolute atomic E-state index is 0.0156. The van der Waals surface area contributed by atoms with E-state index in [1.165, 1.54) is 6.92 Å². The Morgan fingerprint density at radius 3 is 2.25 bits per heavy atom. The third-order valence-electron chi connectivity index (χ3n) is 8.55. The molecule has 3 aliphatic rings. The number of guanidine groups is 1. The lowest BCUT2D eigenvalue weighted by Crippen LogP contribution is -2.71. The van der Waals surface area contributed by atoms with Gasteiger partial charge in [-0.2, -0.15) is 0 Å². The van der Waals surface area contributed by atoms with Gasteiger partial charge in [0.1, 0.15) is 54.4 Å². The number of nitrogens with zero attached hydrogens (tertiary/aromatic N) is 1. The molecule has 0 radical (unpaired) electrons. The molecule has 3 fully saturated rings. The maximum atomic E-state index is 16.5. The van der Waals surface area contributed by atoms with E-state index in [2.05, 4.69) is 4.99 Å². The largest absolute Gasteiger partial charge is 0.394 e. The second-order valence-corrected chi connectivity index (χ2v) is 11.8. The van der Waals surface area contributed by atoms with Crippen LogP contribution in [-0.2, 0) is 23.7 Å². The molecule has 2 aliphatic heterocycles. The summed E-state index contributed by atoms with van der Waals surface area (Å²) >= 11 is 0. The maximum Gasteiger partial charge on any atom is 0.186 e. The van der Waals surface area contributed by atoms with Crippen molar-refractivity contribution in [2.45, 2.75) is 117 Å². The molecule has 0 aromatic rings. The summed E-state index contributed by atoms with van der Waals surface area (Å²) in [6, 6.07) is -3.91. The molecular formula is C25H48FN7O11. The lowest BCUT2D eigenvalue weighted by Gasteiger charge is -2.50. The zero-order valence-electron chi connectivity index (χ0n) is 24.4. The smallest absolute Gasteiger partial charge is 0.186 e. The average molecular weight is 642 g/mol. The molecule has 6 unspecified atom stereocenters. The number of aliphatic hydroxyl groups is 6. The Hall–Kier alpha value is -1.69. The number of ketones is 1. The van der Waals surface area contributed by atoms with Crippen LogP contribution < -0.4 is 34.4 Å². The van der Waals surface area contributed by atoms with Gasteiger partial charge in [-0.25, -0.2) is 9.38 Å². The number of carbonyl (C=O) groups excluding carboxylic acids is 1. The Morgan fingerprint density at radius 2 is 1.68 bits per heavy atom. The number of carbonyl (C=O) groups is 1. The van der Waals surface area contributed by atoms with Crippen LogP contribution >= 0.6 is 0 Å². The number of aliphatic hydroxyl groups excluding tert-OH is 5. The van der Waals surface area contributed by atoms with E-state index >= 15 is 4.39 Å². The second kappa shape index (κ2) is 15.3. The van der Waals surface area contributed by atoms with Crippen LogP contribution in [-0.4, -0.2) is 153 Å². The fourth-order valence-corrected chi connectivity index (χ4v) is 5.87. The van der Waals surface area contributed by atoms with Gasteiger partial charge in [0.2, 0.25) is 0 Å². The summed E-state index contributed by atoms with van der Waals surface area (Å²) in [5.74, 6) is -2.16. The van der Waals surface area contributed by atoms with Crippen LogP contribution in [0.15, 0.2) is 4.99 Å². The van der Waals surface area contributed by atoms with E-state index in [1.54, 1.807) is 0 Å². The van der Waals surface area contributed by atoms with Crippen molar-refractivity contribution in [2.75, 3.05) is 19.7 Å². The van der Waals surface area contributed by atoms with E-state index in [0.717, 1.165) is 0 Å². The molecule has 18 nitrogen and oxygen atoms in total. The van der Waals surface area contributed by atoms with E-state index in [9.17, 15) is 35.4 Å². The number of Topliss-reactive ketones (excluding diaryl/α,β-unsaturated/α-hetero) is 1. The summed E-state index contributed by atoms with van der Waals surface area (Å²) < 4.78 is 39.5. The van der Waals surface area contributed by atoms with Crippen LogP contribution in [0.4, 0.5) is 4.39 Å². The molecule has 18 N–H and O–H groups in total. The number of hydrogen-bond donors (Lipinski definition) is 12. The SMILES string of the molecule is C[C@]1(O)C(N)[C@@H](O[C@@H]2C(N)C[C@@H](CC(=O)[C@@H](O)CCN)C(OC3O[C@H](CO)[C@@H](O)C(N=C(N)N)[C@H]3O)[C@H]2F)OC(CN)[C@H]1O. The molecule has 19 heteroatoms.